The van der Waals surface area contributed by atoms with E-state index in [0.29, 0.717) is 11.8 Å². The van der Waals surface area contributed by atoms with Crippen LogP contribution in [0.3, 0.4) is 0 Å². The summed E-state index contributed by atoms with van der Waals surface area (Å²) in [6.07, 6.45) is 0. The average Bonchev–Trinajstić information content (AvgIpc) is 1.61. The van der Waals surface area contributed by atoms with E-state index in [9.17, 15) is 9.90 Å². The van der Waals surface area contributed by atoms with E-state index in [1.165, 1.54) is 0 Å². The van der Waals surface area contributed by atoms with Gasteiger partial charge in [-0.1, -0.05) is 0 Å². The number of hydrogen-bond acceptors (Lipinski definition) is 4. The summed E-state index contributed by atoms with van der Waals surface area (Å²) in [4.78, 5) is 9.48. The molecule has 0 aromatic rings. The third kappa shape index (κ3) is 9.41. The Morgan fingerprint density at radius 2 is 2.38 bits per heavy atom. The Hall–Kier alpha value is 0.0503. The summed E-state index contributed by atoms with van der Waals surface area (Å²) in [5.41, 5.74) is 0. The first kappa shape index (κ1) is 10.9. The van der Waals surface area contributed by atoms with Crippen LogP contribution in [0.1, 0.15) is 0 Å². The fourth-order valence-corrected chi connectivity index (χ4v) is 0.274. The molecule has 0 radical (unpaired) electrons. The van der Waals surface area contributed by atoms with E-state index in [1.54, 1.807) is 5.40 Å². The zero-order valence-electron chi connectivity index (χ0n) is 3.68. The van der Waals surface area contributed by atoms with Crippen molar-refractivity contribution < 1.29 is 32.3 Å². The number of thiocyanates is 1. The van der Waals surface area contributed by atoms with Crippen LogP contribution in [0.15, 0.2) is 0 Å². The van der Waals surface area contributed by atoms with Crippen LogP contribution in [0.5, 0.6) is 0 Å². The number of thioether (sulfide) groups is 1. The van der Waals surface area contributed by atoms with E-state index in [0.717, 1.165) is 0 Å². The number of carboxylic acid groups (broad SMARTS) is 1. The fourth-order valence-electron chi connectivity index (χ4n) is 0.0912. The minimum Gasteiger partial charge on any atom is -0.549 e. The van der Waals surface area contributed by atoms with E-state index in [2.05, 4.69) is 0 Å². The molecule has 0 atom stereocenters. The van der Waals surface area contributed by atoms with E-state index >= 15 is 0 Å². The average molecular weight is 224 g/mol. The van der Waals surface area contributed by atoms with Crippen molar-refractivity contribution in [1.82, 2.24) is 0 Å². The minimum absolute atomic E-state index is 0. The van der Waals surface area contributed by atoms with Gasteiger partial charge in [0.05, 0.1) is 5.97 Å². The molecule has 0 saturated carbocycles. The van der Waals surface area contributed by atoms with Crippen LogP contribution in [0.25, 0.3) is 0 Å². The standard InChI is InChI=1S/C3H3NO2S.Ag/c4-2-7-1-3(5)6;/h1H2,(H,5,6);/q;+1/p-1. The second kappa shape index (κ2) is 7.05. The van der Waals surface area contributed by atoms with Crippen LogP contribution >= 0.6 is 11.8 Å². The van der Waals surface area contributed by atoms with Crippen LogP contribution < -0.4 is 5.11 Å². The zero-order valence-corrected chi connectivity index (χ0v) is 5.98. The van der Waals surface area contributed by atoms with Gasteiger partial charge in [0.1, 0.15) is 5.40 Å². The van der Waals surface area contributed by atoms with Crippen molar-refractivity contribution in [3.05, 3.63) is 0 Å². The molecule has 0 aliphatic heterocycles. The summed E-state index contributed by atoms with van der Waals surface area (Å²) < 4.78 is 0. The summed E-state index contributed by atoms with van der Waals surface area (Å²) in [6.45, 7) is 0. The molecule has 0 heterocycles. The monoisotopic (exact) mass is 223 g/mol. The maximum atomic E-state index is 9.48. The first-order chi connectivity index (χ1) is 3.27. The van der Waals surface area contributed by atoms with Gasteiger partial charge in [-0.2, -0.15) is 5.26 Å². The summed E-state index contributed by atoms with van der Waals surface area (Å²) in [5, 5.41) is 18.8. The van der Waals surface area contributed by atoms with Gasteiger partial charge in [-0.15, -0.1) is 0 Å². The smallest absolute Gasteiger partial charge is 0.549 e. The molecular weight excluding hydrogens is 222 g/mol. The van der Waals surface area contributed by atoms with Gasteiger partial charge in [0, 0.05) is 5.75 Å². The summed E-state index contributed by atoms with van der Waals surface area (Å²) in [7, 11) is 0. The third-order valence-corrected chi connectivity index (χ3v) is 0.764. The van der Waals surface area contributed by atoms with Crippen LogP contribution in [0.4, 0.5) is 0 Å². The van der Waals surface area contributed by atoms with Gasteiger partial charge in [-0.05, 0) is 11.8 Å². The molecule has 0 aromatic carbocycles. The number of carbonyl (C=O) groups excluding carboxylic acids is 1. The molecule has 8 heavy (non-hydrogen) atoms. The maximum Gasteiger partial charge on any atom is 1.00 e. The molecule has 0 fully saturated rings. The van der Waals surface area contributed by atoms with Crippen LogP contribution in [-0.2, 0) is 27.2 Å². The van der Waals surface area contributed by atoms with E-state index in [4.69, 9.17) is 5.26 Å². The van der Waals surface area contributed by atoms with Crippen molar-refractivity contribution in [2.24, 2.45) is 0 Å². The molecule has 0 aromatic heterocycles. The largest absolute Gasteiger partial charge is 1.00 e. The molecule has 0 saturated heterocycles. The van der Waals surface area contributed by atoms with E-state index in [-0.39, 0.29) is 28.1 Å². The molecule has 5 heteroatoms. The molecule has 0 spiro atoms. The molecule has 0 amide bonds. The van der Waals surface area contributed by atoms with Gasteiger partial charge in [-0.25, -0.2) is 0 Å². The Morgan fingerprint density at radius 3 is 2.50 bits per heavy atom. The molecule has 0 aliphatic rings. The Bertz CT molecular complexity index is 110. The number of hydrogen-bond donors (Lipinski definition) is 0. The van der Waals surface area contributed by atoms with Crippen molar-refractivity contribution in [1.29, 1.82) is 5.26 Å². The number of carbonyl (C=O) groups is 1. The first-order valence-electron chi connectivity index (χ1n) is 1.48. The number of rotatable bonds is 2. The fraction of sp³-hybridized carbons (Fsp3) is 0.333. The van der Waals surface area contributed by atoms with Crippen LogP contribution in [0, 0.1) is 10.7 Å². The molecule has 0 bridgehead atoms. The van der Waals surface area contributed by atoms with Gasteiger partial charge >= 0.3 is 22.4 Å². The molecule has 48 valence electrons. The third-order valence-electron chi connectivity index (χ3n) is 0.255. The van der Waals surface area contributed by atoms with Crippen molar-refractivity contribution >= 4 is 17.7 Å². The van der Waals surface area contributed by atoms with Gasteiger partial charge in [-0.3, -0.25) is 0 Å². The van der Waals surface area contributed by atoms with Crippen molar-refractivity contribution in [2.45, 2.75) is 0 Å². The molecule has 0 rings (SSSR count). The SMILES string of the molecule is N#CSCC(=O)[O-].[Ag+]. The number of aliphatic carboxylic acids is 1. The second-order valence-corrected chi connectivity index (χ2v) is 1.51. The number of carboxylic acids is 1. The predicted molar refractivity (Wildman–Crippen MR) is 23.1 cm³/mol. The van der Waals surface area contributed by atoms with Gasteiger partial charge in [0.15, 0.2) is 0 Å². The summed E-state index contributed by atoms with van der Waals surface area (Å²) in [5.74, 6) is -1.44. The molecule has 0 N–H and O–H groups in total. The molecule has 0 aliphatic carbocycles. The van der Waals surface area contributed by atoms with Crippen LogP contribution in [0.2, 0.25) is 0 Å². The predicted octanol–water partition coefficient (Wildman–Crippen LogP) is -1.05. The van der Waals surface area contributed by atoms with Gasteiger partial charge in [0.25, 0.3) is 0 Å². The maximum absolute atomic E-state index is 9.48. The molecular formula is C3H2AgNO2S. The molecule has 3 nitrogen and oxygen atoms in total. The van der Waals surface area contributed by atoms with Crippen molar-refractivity contribution in [3.8, 4) is 5.40 Å². The minimum atomic E-state index is -1.20. The van der Waals surface area contributed by atoms with Crippen LogP contribution in [-0.4, -0.2) is 11.7 Å². The van der Waals surface area contributed by atoms with Gasteiger partial charge in [0.2, 0.25) is 0 Å². The van der Waals surface area contributed by atoms with E-state index in [1.807, 2.05) is 0 Å². The second-order valence-electron chi connectivity index (χ2n) is 0.752. The normalized spacial score (nSPS) is 6.38. The van der Waals surface area contributed by atoms with Crippen molar-refractivity contribution in [2.75, 3.05) is 5.75 Å². The van der Waals surface area contributed by atoms with Crippen molar-refractivity contribution in [3.63, 3.8) is 0 Å². The Morgan fingerprint density at radius 1 is 1.88 bits per heavy atom. The zero-order chi connectivity index (χ0) is 5.70. The Kier molecular flexibility index (Phi) is 9.63. The number of nitrogens with zero attached hydrogens (tertiary/aromatic N) is 1. The molecule has 0 unspecified atom stereocenters. The first-order valence-corrected chi connectivity index (χ1v) is 2.46. The number of nitriles is 1. The summed E-state index contributed by atoms with van der Waals surface area (Å²) in [6, 6.07) is 0. The quantitative estimate of drug-likeness (QED) is 0.443. The Balaban J connectivity index is 0. The van der Waals surface area contributed by atoms with E-state index < -0.39 is 5.97 Å². The Labute approximate surface area is 66.6 Å². The topological polar surface area (TPSA) is 63.9 Å². The van der Waals surface area contributed by atoms with Gasteiger partial charge < -0.3 is 9.90 Å². The summed E-state index contributed by atoms with van der Waals surface area (Å²) >= 11 is 0.660.